The molecular formula is C11H10ClN3O2. The Balaban J connectivity index is 2.78. The number of nitrogen functional groups attached to an aromatic ring is 1. The van der Waals surface area contributed by atoms with Crippen LogP contribution in [0.1, 0.15) is 12.5 Å². The summed E-state index contributed by atoms with van der Waals surface area (Å²) >= 11 is 5.95. The fourth-order valence-corrected chi connectivity index (χ4v) is 1.94. The van der Waals surface area contributed by atoms with E-state index in [1.54, 1.807) is 6.07 Å². The lowest BCUT2D eigenvalue weighted by Crippen LogP contribution is -1.98. The molecule has 0 saturated heterocycles. The summed E-state index contributed by atoms with van der Waals surface area (Å²) in [6, 6.07) is 4.52. The number of pyridine rings is 1. The number of hydrogen-bond acceptors (Lipinski definition) is 4. The van der Waals surface area contributed by atoms with Crippen LogP contribution in [-0.2, 0) is 6.42 Å². The lowest BCUT2D eigenvalue weighted by molar-refractivity contribution is -0.384. The van der Waals surface area contributed by atoms with Crippen molar-refractivity contribution in [3.8, 4) is 0 Å². The molecule has 0 spiro atoms. The van der Waals surface area contributed by atoms with E-state index in [2.05, 4.69) is 4.98 Å². The van der Waals surface area contributed by atoms with E-state index in [-0.39, 0.29) is 10.7 Å². The molecule has 0 atom stereocenters. The molecule has 6 heteroatoms. The highest BCUT2D eigenvalue weighted by atomic mass is 35.5. The number of nitrogens with two attached hydrogens (primary N) is 1. The second-order valence-corrected chi connectivity index (χ2v) is 4.05. The van der Waals surface area contributed by atoms with E-state index in [0.717, 1.165) is 12.0 Å². The lowest BCUT2D eigenvalue weighted by atomic mass is 10.1. The van der Waals surface area contributed by atoms with Gasteiger partial charge in [-0.2, -0.15) is 0 Å². The van der Waals surface area contributed by atoms with Gasteiger partial charge >= 0.3 is 0 Å². The number of nitro groups is 1. The summed E-state index contributed by atoms with van der Waals surface area (Å²) in [5.41, 5.74) is 7.06. The smallest absolute Gasteiger partial charge is 0.271 e. The highest BCUT2D eigenvalue weighted by Crippen LogP contribution is 2.29. The third kappa shape index (κ3) is 2.01. The van der Waals surface area contributed by atoms with Gasteiger partial charge in [0.2, 0.25) is 0 Å². The average molecular weight is 252 g/mol. The number of benzene rings is 1. The third-order valence-corrected chi connectivity index (χ3v) is 2.85. The van der Waals surface area contributed by atoms with Gasteiger partial charge in [-0.3, -0.25) is 10.1 Å². The van der Waals surface area contributed by atoms with Gasteiger partial charge in [0.15, 0.2) is 0 Å². The molecule has 1 aromatic heterocycles. The van der Waals surface area contributed by atoms with Gasteiger partial charge in [-0.25, -0.2) is 4.98 Å². The molecule has 1 aromatic carbocycles. The van der Waals surface area contributed by atoms with Crippen LogP contribution < -0.4 is 5.73 Å². The summed E-state index contributed by atoms with van der Waals surface area (Å²) in [5, 5.41) is 11.6. The monoisotopic (exact) mass is 251 g/mol. The van der Waals surface area contributed by atoms with Gasteiger partial charge in [-0.05, 0) is 18.1 Å². The SMILES string of the molecule is CCc1cc2cc([N+](=O)[O-])cc(Cl)c2nc1N. The molecule has 1 heterocycles. The van der Waals surface area contributed by atoms with Crippen molar-refractivity contribution in [1.29, 1.82) is 0 Å². The second-order valence-electron chi connectivity index (χ2n) is 3.64. The van der Waals surface area contributed by atoms with E-state index < -0.39 is 4.92 Å². The van der Waals surface area contributed by atoms with Crippen molar-refractivity contribution >= 4 is 34.0 Å². The largest absolute Gasteiger partial charge is 0.383 e. The second kappa shape index (κ2) is 4.18. The minimum absolute atomic E-state index is 0.0453. The van der Waals surface area contributed by atoms with Gasteiger partial charge in [0.25, 0.3) is 5.69 Å². The first kappa shape index (κ1) is 11.6. The van der Waals surface area contributed by atoms with Gasteiger partial charge in [0.1, 0.15) is 5.82 Å². The Morgan fingerprint density at radius 3 is 2.76 bits per heavy atom. The Bertz CT molecular complexity index is 613. The first-order valence-electron chi connectivity index (χ1n) is 5.06. The Hall–Kier alpha value is -1.88. The van der Waals surface area contributed by atoms with Crippen molar-refractivity contribution in [2.24, 2.45) is 0 Å². The summed E-state index contributed by atoms with van der Waals surface area (Å²) in [6.45, 7) is 1.94. The predicted octanol–water partition coefficient (Wildman–Crippen LogP) is 2.94. The Kier molecular flexibility index (Phi) is 2.85. The van der Waals surface area contributed by atoms with Crippen molar-refractivity contribution in [3.63, 3.8) is 0 Å². The van der Waals surface area contributed by atoms with Gasteiger partial charge in [0.05, 0.1) is 15.5 Å². The summed E-state index contributed by atoms with van der Waals surface area (Å²) in [4.78, 5) is 14.4. The van der Waals surface area contributed by atoms with Crippen LogP contribution in [-0.4, -0.2) is 9.91 Å². The van der Waals surface area contributed by atoms with Crippen molar-refractivity contribution in [3.05, 3.63) is 38.9 Å². The molecule has 2 N–H and O–H groups in total. The number of nitrogens with zero attached hydrogens (tertiary/aromatic N) is 2. The molecule has 0 aliphatic heterocycles. The Labute approximate surface area is 102 Å². The Morgan fingerprint density at radius 2 is 2.18 bits per heavy atom. The lowest BCUT2D eigenvalue weighted by Gasteiger charge is -2.06. The zero-order valence-corrected chi connectivity index (χ0v) is 9.86. The number of aromatic nitrogens is 1. The fourth-order valence-electron chi connectivity index (χ4n) is 1.68. The van der Waals surface area contributed by atoms with Crippen LogP contribution in [0.15, 0.2) is 18.2 Å². The van der Waals surface area contributed by atoms with Gasteiger partial charge in [-0.1, -0.05) is 18.5 Å². The highest BCUT2D eigenvalue weighted by Gasteiger charge is 2.13. The fraction of sp³-hybridized carbons (Fsp3) is 0.182. The molecule has 88 valence electrons. The van der Waals surface area contributed by atoms with Crippen LogP contribution in [0.4, 0.5) is 11.5 Å². The normalized spacial score (nSPS) is 10.7. The number of nitro benzene ring substituents is 1. The minimum atomic E-state index is -0.479. The summed E-state index contributed by atoms with van der Waals surface area (Å²) in [5.74, 6) is 0.413. The maximum atomic E-state index is 10.7. The molecule has 0 aliphatic carbocycles. The van der Waals surface area contributed by atoms with E-state index in [1.165, 1.54) is 12.1 Å². The zero-order chi connectivity index (χ0) is 12.6. The number of non-ortho nitro benzene ring substituents is 1. The maximum absolute atomic E-state index is 10.7. The minimum Gasteiger partial charge on any atom is -0.383 e. The van der Waals surface area contributed by atoms with Crippen molar-refractivity contribution < 1.29 is 4.92 Å². The molecular weight excluding hydrogens is 242 g/mol. The number of fused-ring (bicyclic) bond motifs is 1. The van der Waals surface area contributed by atoms with Crippen LogP contribution in [0, 0.1) is 10.1 Å². The molecule has 5 nitrogen and oxygen atoms in total. The standard InChI is InChI=1S/C11H10ClN3O2/c1-2-6-3-7-4-8(15(16)17)5-9(12)10(7)14-11(6)13/h3-5H,2H2,1H3,(H2,13,14). The maximum Gasteiger partial charge on any atom is 0.271 e. The number of halogens is 1. The van der Waals surface area contributed by atoms with E-state index >= 15 is 0 Å². The van der Waals surface area contributed by atoms with E-state index in [0.29, 0.717) is 16.7 Å². The average Bonchev–Trinajstić information content (AvgIpc) is 2.29. The number of aryl methyl sites for hydroxylation is 1. The molecule has 0 saturated carbocycles. The summed E-state index contributed by atoms with van der Waals surface area (Å²) in [7, 11) is 0. The first-order valence-corrected chi connectivity index (χ1v) is 5.43. The van der Waals surface area contributed by atoms with Crippen LogP contribution in [0.2, 0.25) is 5.02 Å². The Morgan fingerprint density at radius 1 is 1.47 bits per heavy atom. The van der Waals surface area contributed by atoms with Crippen molar-refractivity contribution in [1.82, 2.24) is 4.98 Å². The predicted molar refractivity (Wildman–Crippen MR) is 67.2 cm³/mol. The molecule has 0 unspecified atom stereocenters. The van der Waals surface area contributed by atoms with Crippen LogP contribution >= 0.6 is 11.6 Å². The first-order chi connectivity index (χ1) is 8.02. The zero-order valence-electron chi connectivity index (χ0n) is 9.11. The van der Waals surface area contributed by atoms with E-state index in [1.807, 2.05) is 6.92 Å². The van der Waals surface area contributed by atoms with Crippen LogP contribution in [0.5, 0.6) is 0 Å². The quantitative estimate of drug-likeness (QED) is 0.657. The topological polar surface area (TPSA) is 82.0 Å². The molecule has 0 bridgehead atoms. The molecule has 2 rings (SSSR count). The van der Waals surface area contributed by atoms with Gasteiger partial charge < -0.3 is 5.73 Å². The van der Waals surface area contributed by atoms with E-state index in [9.17, 15) is 10.1 Å². The summed E-state index contributed by atoms with van der Waals surface area (Å²) < 4.78 is 0. The van der Waals surface area contributed by atoms with Crippen LogP contribution in [0.3, 0.4) is 0 Å². The van der Waals surface area contributed by atoms with Gasteiger partial charge in [-0.15, -0.1) is 0 Å². The number of rotatable bonds is 2. The third-order valence-electron chi connectivity index (χ3n) is 2.56. The molecule has 17 heavy (non-hydrogen) atoms. The molecule has 0 fully saturated rings. The molecule has 2 aromatic rings. The van der Waals surface area contributed by atoms with E-state index in [4.69, 9.17) is 17.3 Å². The van der Waals surface area contributed by atoms with Crippen molar-refractivity contribution in [2.75, 3.05) is 5.73 Å². The summed E-state index contributed by atoms with van der Waals surface area (Å²) in [6.07, 6.45) is 0.717. The number of anilines is 1. The van der Waals surface area contributed by atoms with Crippen molar-refractivity contribution in [2.45, 2.75) is 13.3 Å². The molecule has 0 amide bonds. The molecule has 0 radical (unpaired) electrons. The highest BCUT2D eigenvalue weighted by molar-refractivity contribution is 6.35. The number of hydrogen-bond donors (Lipinski definition) is 1. The van der Waals surface area contributed by atoms with Gasteiger partial charge in [0, 0.05) is 17.5 Å². The molecule has 0 aliphatic rings. The van der Waals surface area contributed by atoms with Crippen LogP contribution in [0.25, 0.3) is 10.9 Å².